The van der Waals surface area contributed by atoms with Crippen LogP contribution in [0, 0.1) is 5.82 Å². The Bertz CT molecular complexity index is 1020. The largest absolute Gasteiger partial charge is 0.495 e. The molecule has 4 rings (SSSR count). The van der Waals surface area contributed by atoms with Crippen molar-refractivity contribution in [3.8, 4) is 5.75 Å². The molecule has 0 fully saturated rings. The summed E-state index contributed by atoms with van der Waals surface area (Å²) in [7, 11) is 1.60. The van der Waals surface area contributed by atoms with Crippen LogP contribution >= 0.6 is 27.7 Å². The van der Waals surface area contributed by atoms with Gasteiger partial charge in [-0.3, -0.25) is 0 Å². The van der Waals surface area contributed by atoms with Gasteiger partial charge in [-0.15, -0.1) is 11.8 Å². The Morgan fingerprint density at radius 2 is 1.89 bits per heavy atom. The van der Waals surface area contributed by atoms with Crippen LogP contribution in [-0.2, 0) is 5.75 Å². The predicted octanol–water partition coefficient (Wildman–Crippen LogP) is 7.05. The van der Waals surface area contributed by atoms with Crippen molar-refractivity contribution in [2.75, 3.05) is 18.6 Å². The van der Waals surface area contributed by atoms with Gasteiger partial charge in [-0.25, -0.2) is 4.39 Å². The predicted molar refractivity (Wildman–Crippen MR) is 119 cm³/mol. The molecule has 0 atom stereocenters. The molecule has 0 saturated carbocycles. The van der Waals surface area contributed by atoms with Crippen LogP contribution in [0.5, 0.6) is 5.75 Å². The molecule has 0 bridgehead atoms. The lowest BCUT2D eigenvalue weighted by Crippen LogP contribution is -2.21. The number of benzene rings is 3. The first-order chi connectivity index (χ1) is 13.7. The van der Waals surface area contributed by atoms with E-state index in [1.807, 2.05) is 17.8 Å². The molecule has 2 nitrogen and oxygen atoms in total. The number of hydrogen-bond donors (Lipinski definition) is 0. The fourth-order valence-electron chi connectivity index (χ4n) is 3.25. The number of halogens is 2. The number of fused-ring (bicyclic) bond motifs is 1. The zero-order valence-corrected chi connectivity index (χ0v) is 17.8. The third-order valence-electron chi connectivity index (χ3n) is 4.64. The lowest BCUT2D eigenvalue weighted by Gasteiger charge is -2.30. The van der Waals surface area contributed by atoms with Gasteiger partial charge in [0, 0.05) is 28.9 Å². The summed E-state index contributed by atoms with van der Waals surface area (Å²) in [5.74, 6) is 1.26. The van der Waals surface area contributed by atoms with Crippen LogP contribution in [0.2, 0.25) is 0 Å². The quantitative estimate of drug-likeness (QED) is 0.382. The van der Waals surface area contributed by atoms with Gasteiger partial charge in [-0.1, -0.05) is 42.5 Å². The summed E-state index contributed by atoms with van der Waals surface area (Å²) in [6.45, 7) is 0.668. The van der Waals surface area contributed by atoms with Crippen molar-refractivity contribution in [1.82, 2.24) is 0 Å². The summed E-state index contributed by atoms with van der Waals surface area (Å²) in [6.07, 6.45) is 4.22. The number of thioether (sulfide) groups is 1. The van der Waals surface area contributed by atoms with Crippen molar-refractivity contribution in [2.24, 2.45) is 0 Å². The van der Waals surface area contributed by atoms with Gasteiger partial charge in [-0.2, -0.15) is 0 Å². The zero-order chi connectivity index (χ0) is 19.5. The molecule has 142 valence electrons. The summed E-state index contributed by atoms with van der Waals surface area (Å²) >= 11 is 5.04. The van der Waals surface area contributed by atoms with E-state index < -0.39 is 0 Å². The topological polar surface area (TPSA) is 12.5 Å². The highest BCUT2D eigenvalue weighted by Gasteiger charge is 2.20. The van der Waals surface area contributed by atoms with E-state index in [0.717, 1.165) is 22.7 Å². The number of hydrogen-bond acceptors (Lipinski definition) is 3. The lowest BCUT2D eigenvalue weighted by atomic mass is 10.1. The Kier molecular flexibility index (Phi) is 5.74. The van der Waals surface area contributed by atoms with Gasteiger partial charge in [0.15, 0.2) is 0 Å². The first kappa shape index (κ1) is 19.1. The van der Waals surface area contributed by atoms with Crippen molar-refractivity contribution in [3.63, 3.8) is 0 Å². The van der Waals surface area contributed by atoms with Crippen molar-refractivity contribution in [3.05, 3.63) is 88.2 Å². The molecule has 1 aliphatic heterocycles. The molecule has 3 aromatic rings. The molecule has 0 unspecified atom stereocenters. The minimum atomic E-state index is -0.304. The van der Waals surface area contributed by atoms with Crippen molar-refractivity contribution >= 4 is 45.1 Å². The third-order valence-corrected chi connectivity index (χ3v) is 6.31. The number of rotatable bonds is 5. The maximum atomic E-state index is 14.2. The monoisotopic (exact) mass is 455 g/mol. The lowest BCUT2D eigenvalue weighted by molar-refractivity contribution is 0.414. The van der Waals surface area contributed by atoms with E-state index in [4.69, 9.17) is 4.74 Å². The molecule has 0 spiro atoms. The van der Waals surface area contributed by atoms with E-state index in [1.54, 1.807) is 13.2 Å². The molecule has 0 saturated heterocycles. The van der Waals surface area contributed by atoms with Crippen LogP contribution in [0.3, 0.4) is 0 Å². The highest BCUT2D eigenvalue weighted by atomic mass is 79.9. The maximum absolute atomic E-state index is 14.2. The summed E-state index contributed by atoms with van der Waals surface area (Å²) < 4.78 is 20.1. The first-order valence-corrected chi connectivity index (χ1v) is 10.7. The van der Waals surface area contributed by atoms with Gasteiger partial charge in [0.05, 0.1) is 17.3 Å². The molecule has 1 heterocycles. The molecule has 0 amide bonds. The highest BCUT2D eigenvalue weighted by molar-refractivity contribution is 9.10. The van der Waals surface area contributed by atoms with E-state index in [9.17, 15) is 4.39 Å². The van der Waals surface area contributed by atoms with Gasteiger partial charge in [-0.05, 0) is 51.3 Å². The molecule has 0 aromatic heterocycles. The average molecular weight is 456 g/mol. The summed E-state index contributed by atoms with van der Waals surface area (Å²) in [5.41, 5.74) is 4.19. The Labute approximate surface area is 177 Å². The Morgan fingerprint density at radius 1 is 1.07 bits per heavy atom. The molecule has 0 radical (unpaired) electrons. The van der Waals surface area contributed by atoms with E-state index in [2.05, 4.69) is 75.4 Å². The van der Waals surface area contributed by atoms with E-state index >= 15 is 0 Å². The van der Waals surface area contributed by atoms with Crippen molar-refractivity contribution in [2.45, 2.75) is 10.6 Å². The second-order valence-electron chi connectivity index (χ2n) is 6.45. The van der Waals surface area contributed by atoms with Crippen molar-refractivity contribution < 1.29 is 9.13 Å². The van der Waals surface area contributed by atoms with Crippen LogP contribution in [0.25, 0.3) is 6.08 Å². The molecule has 0 aliphatic carbocycles. The van der Waals surface area contributed by atoms with Crippen LogP contribution < -0.4 is 9.64 Å². The number of anilines is 2. The normalized spacial score (nSPS) is 12.8. The number of methoxy groups -OCH3 is 1. The second kappa shape index (κ2) is 8.41. The van der Waals surface area contributed by atoms with Gasteiger partial charge in [0.25, 0.3) is 0 Å². The maximum Gasteiger partial charge on any atom is 0.143 e. The Balaban J connectivity index is 1.62. The standard InChI is InChI=1S/C23H19BrFNOS/c1-27-23-13-19(24)20(25)14-22(23)26-11-5-8-17-12-18(9-10-21(17)26)28-15-16-6-3-2-4-7-16/h2-10,12-14H,11,15H2,1H3. The number of nitrogens with zero attached hydrogens (tertiary/aromatic N) is 1. The Morgan fingerprint density at radius 3 is 2.68 bits per heavy atom. The average Bonchev–Trinajstić information content (AvgIpc) is 2.74. The summed E-state index contributed by atoms with van der Waals surface area (Å²) in [4.78, 5) is 3.29. The molecule has 1 aliphatic rings. The van der Waals surface area contributed by atoms with E-state index in [1.165, 1.54) is 16.5 Å². The van der Waals surface area contributed by atoms with E-state index in [-0.39, 0.29) is 5.82 Å². The SMILES string of the molecule is COc1cc(Br)c(F)cc1N1CC=Cc2cc(SCc3ccccc3)ccc21. The molecule has 5 heteroatoms. The molecule has 28 heavy (non-hydrogen) atoms. The van der Waals surface area contributed by atoms with Gasteiger partial charge >= 0.3 is 0 Å². The van der Waals surface area contributed by atoms with Crippen LogP contribution in [0.15, 0.2) is 76.1 Å². The number of ether oxygens (including phenoxy) is 1. The first-order valence-electron chi connectivity index (χ1n) is 8.93. The van der Waals surface area contributed by atoms with Gasteiger partial charge in [0.1, 0.15) is 11.6 Å². The minimum absolute atomic E-state index is 0.304. The minimum Gasteiger partial charge on any atom is -0.495 e. The molecular formula is C23H19BrFNOS. The summed E-state index contributed by atoms with van der Waals surface area (Å²) in [5, 5.41) is 0. The Hall–Kier alpha value is -2.24. The summed E-state index contributed by atoms with van der Waals surface area (Å²) in [6, 6.07) is 20.0. The fraction of sp³-hybridized carbons (Fsp3) is 0.130. The van der Waals surface area contributed by atoms with E-state index in [0.29, 0.717) is 16.8 Å². The molecular weight excluding hydrogens is 437 g/mol. The molecule has 0 N–H and O–H groups in total. The van der Waals surface area contributed by atoms with Gasteiger partial charge < -0.3 is 9.64 Å². The third kappa shape index (κ3) is 3.96. The van der Waals surface area contributed by atoms with Crippen molar-refractivity contribution in [1.29, 1.82) is 0 Å². The highest BCUT2D eigenvalue weighted by Crippen LogP contribution is 2.41. The van der Waals surface area contributed by atoms with Crippen LogP contribution in [0.4, 0.5) is 15.8 Å². The fourth-order valence-corrected chi connectivity index (χ4v) is 4.47. The van der Waals surface area contributed by atoms with Crippen LogP contribution in [0.1, 0.15) is 11.1 Å². The van der Waals surface area contributed by atoms with Gasteiger partial charge in [0.2, 0.25) is 0 Å². The van der Waals surface area contributed by atoms with Crippen LogP contribution in [-0.4, -0.2) is 13.7 Å². The smallest absolute Gasteiger partial charge is 0.143 e. The second-order valence-corrected chi connectivity index (χ2v) is 8.35. The molecule has 3 aromatic carbocycles. The zero-order valence-electron chi connectivity index (χ0n) is 15.4.